The second kappa shape index (κ2) is 8.79. The van der Waals surface area contributed by atoms with Gasteiger partial charge in [-0.2, -0.15) is 13.2 Å². The molecule has 0 bridgehead atoms. The van der Waals surface area contributed by atoms with Crippen molar-refractivity contribution in [3.63, 3.8) is 0 Å². The minimum atomic E-state index is -5.07. The molecule has 0 aromatic heterocycles. The maximum atomic E-state index is 13.7. The minimum absolute atomic E-state index is 0.233. The number of carbonyl (C=O) groups excluding carboxylic acids is 3. The molecular weight excluding hydrogens is 355 g/mol. The van der Waals surface area contributed by atoms with Gasteiger partial charge in [-0.05, 0) is 6.92 Å². The van der Waals surface area contributed by atoms with Gasteiger partial charge in [0.15, 0.2) is 5.78 Å². The predicted octanol–water partition coefficient (Wildman–Crippen LogP) is 2.12. The highest BCUT2D eigenvalue weighted by molar-refractivity contribution is 5.94. The molecule has 26 heavy (non-hydrogen) atoms. The largest absolute Gasteiger partial charge is 0.469 e. The Morgan fingerprint density at radius 1 is 1.08 bits per heavy atom. The molecule has 0 aliphatic carbocycles. The molecule has 0 aliphatic rings. The first-order valence-electron chi connectivity index (χ1n) is 7.68. The van der Waals surface area contributed by atoms with Crippen LogP contribution in [0.4, 0.5) is 13.2 Å². The Morgan fingerprint density at radius 3 is 2.12 bits per heavy atom. The van der Waals surface area contributed by atoms with Crippen LogP contribution in [0.15, 0.2) is 30.3 Å². The van der Waals surface area contributed by atoms with E-state index in [0.29, 0.717) is 0 Å². The van der Waals surface area contributed by atoms with E-state index in [1.54, 1.807) is 0 Å². The second-order valence-electron chi connectivity index (χ2n) is 5.49. The van der Waals surface area contributed by atoms with E-state index in [4.69, 9.17) is 0 Å². The highest BCUT2D eigenvalue weighted by atomic mass is 19.4. The van der Waals surface area contributed by atoms with Crippen LogP contribution in [0.2, 0.25) is 0 Å². The summed E-state index contributed by atoms with van der Waals surface area (Å²) < 4.78 is 50.2. The van der Waals surface area contributed by atoms with Gasteiger partial charge in [-0.3, -0.25) is 14.4 Å². The maximum Gasteiger partial charge on any atom is 0.430 e. The fourth-order valence-corrected chi connectivity index (χ4v) is 2.35. The molecule has 1 aromatic rings. The predicted molar refractivity (Wildman–Crippen MR) is 85.0 cm³/mol. The van der Waals surface area contributed by atoms with E-state index in [2.05, 4.69) is 9.47 Å². The summed E-state index contributed by atoms with van der Waals surface area (Å²) in [6.45, 7) is 1.24. The molecule has 144 valence electrons. The van der Waals surface area contributed by atoms with Crippen LogP contribution < -0.4 is 5.32 Å². The van der Waals surface area contributed by atoms with Crippen molar-refractivity contribution in [2.24, 2.45) is 0 Å². The molecule has 0 radical (unpaired) electrons. The molecule has 0 heterocycles. The first-order chi connectivity index (χ1) is 12.1. The number of esters is 1. The van der Waals surface area contributed by atoms with E-state index >= 15 is 0 Å². The van der Waals surface area contributed by atoms with Crippen molar-refractivity contribution in [3.8, 4) is 0 Å². The summed E-state index contributed by atoms with van der Waals surface area (Å²) in [5, 5.41) is 2.03. The fourth-order valence-electron chi connectivity index (χ4n) is 2.35. The monoisotopic (exact) mass is 375 g/mol. The lowest BCUT2D eigenvalue weighted by Crippen LogP contribution is -2.58. The number of ether oxygens (including phenoxy) is 2. The Hall–Kier alpha value is -2.42. The first kappa shape index (κ1) is 21.6. The van der Waals surface area contributed by atoms with Gasteiger partial charge in [0.05, 0.1) is 19.6 Å². The number of benzene rings is 1. The van der Waals surface area contributed by atoms with Crippen LogP contribution in [-0.2, 0) is 29.5 Å². The lowest BCUT2D eigenvalue weighted by molar-refractivity contribution is -0.266. The van der Waals surface area contributed by atoms with Crippen LogP contribution >= 0.6 is 0 Å². The number of Topliss-reactive ketones (excluding diaryl/α,β-unsaturated/α-hetero) is 1. The molecule has 6 nitrogen and oxygen atoms in total. The normalized spacial score (nSPS) is 14.8. The highest BCUT2D eigenvalue weighted by Gasteiger charge is 2.62. The molecular formula is C17H20F3NO5. The molecule has 1 aromatic carbocycles. The van der Waals surface area contributed by atoms with E-state index in [1.807, 2.05) is 5.32 Å². The number of hydrogen-bond donors (Lipinski definition) is 1. The van der Waals surface area contributed by atoms with Gasteiger partial charge in [0.1, 0.15) is 0 Å². The van der Waals surface area contributed by atoms with Crippen LogP contribution in [0.25, 0.3) is 0 Å². The number of alkyl halides is 3. The van der Waals surface area contributed by atoms with E-state index in [-0.39, 0.29) is 12.8 Å². The SMILES string of the molecule is COC(=O)CCC(=O)[C@H](C)NC(=O)[C@@](OC)(c1ccccc1)C(F)(F)F. The van der Waals surface area contributed by atoms with Crippen LogP contribution in [0.5, 0.6) is 0 Å². The van der Waals surface area contributed by atoms with Crippen molar-refractivity contribution in [2.45, 2.75) is 37.6 Å². The average molecular weight is 375 g/mol. The third-order valence-electron chi connectivity index (χ3n) is 3.84. The van der Waals surface area contributed by atoms with Crippen molar-refractivity contribution < 1.29 is 37.0 Å². The summed E-state index contributed by atoms with van der Waals surface area (Å²) >= 11 is 0. The Bertz CT molecular complexity index is 648. The average Bonchev–Trinajstić information content (AvgIpc) is 2.59. The number of rotatable bonds is 8. The van der Waals surface area contributed by atoms with Crippen molar-refractivity contribution in [1.82, 2.24) is 5.32 Å². The molecule has 1 rings (SSSR count). The molecule has 0 saturated heterocycles. The Kier molecular flexibility index (Phi) is 7.31. The van der Waals surface area contributed by atoms with Crippen molar-refractivity contribution in [2.75, 3.05) is 14.2 Å². The first-order valence-corrected chi connectivity index (χ1v) is 7.68. The Balaban J connectivity index is 3.04. The number of nitrogens with one attached hydrogen (secondary N) is 1. The van der Waals surface area contributed by atoms with Gasteiger partial charge in [-0.1, -0.05) is 30.3 Å². The van der Waals surface area contributed by atoms with E-state index in [1.165, 1.54) is 25.1 Å². The smallest absolute Gasteiger partial charge is 0.430 e. The standard InChI is InChI=1S/C17H20F3NO5/c1-11(13(22)9-10-14(23)25-2)21-15(24)16(26-3,17(18,19)20)12-7-5-4-6-8-12/h4-8,11H,9-10H2,1-3H3,(H,21,24)/t11-,16-/m0/s1. The van der Waals surface area contributed by atoms with Gasteiger partial charge in [0, 0.05) is 19.1 Å². The number of hydrogen-bond acceptors (Lipinski definition) is 5. The molecule has 1 N–H and O–H groups in total. The van der Waals surface area contributed by atoms with Gasteiger partial charge >= 0.3 is 12.1 Å². The fraction of sp³-hybridized carbons (Fsp3) is 0.471. The van der Waals surface area contributed by atoms with Crippen molar-refractivity contribution in [1.29, 1.82) is 0 Å². The van der Waals surface area contributed by atoms with Gasteiger partial charge in [0.2, 0.25) is 0 Å². The van der Waals surface area contributed by atoms with Crippen LogP contribution in [-0.4, -0.2) is 44.1 Å². The van der Waals surface area contributed by atoms with Gasteiger partial charge in [0.25, 0.3) is 11.5 Å². The third-order valence-corrected chi connectivity index (χ3v) is 3.84. The topological polar surface area (TPSA) is 81.7 Å². The molecule has 0 unspecified atom stereocenters. The van der Waals surface area contributed by atoms with Crippen molar-refractivity contribution >= 4 is 17.7 Å². The molecule has 2 atom stereocenters. The molecule has 9 heteroatoms. The second-order valence-corrected chi connectivity index (χ2v) is 5.49. The number of ketones is 1. The van der Waals surface area contributed by atoms with E-state index in [0.717, 1.165) is 26.4 Å². The zero-order valence-corrected chi connectivity index (χ0v) is 14.6. The molecule has 0 aliphatic heterocycles. The van der Waals surface area contributed by atoms with Gasteiger partial charge in [-0.25, -0.2) is 0 Å². The molecule has 0 spiro atoms. The number of carbonyl (C=O) groups is 3. The quantitative estimate of drug-likeness (QED) is 0.704. The lowest BCUT2D eigenvalue weighted by atomic mass is 9.91. The summed E-state index contributed by atoms with van der Waals surface area (Å²) in [6, 6.07) is 5.16. The number of amides is 1. The van der Waals surface area contributed by atoms with E-state index in [9.17, 15) is 27.6 Å². The number of methoxy groups -OCH3 is 2. The Labute approximate surface area is 148 Å². The zero-order valence-electron chi connectivity index (χ0n) is 14.6. The maximum absolute atomic E-state index is 13.7. The summed E-state index contributed by atoms with van der Waals surface area (Å²) in [5.74, 6) is -2.76. The zero-order chi connectivity index (χ0) is 20.0. The summed E-state index contributed by atoms with van der Waals surface area (Å²) in [5.41, 5.74) is -3.67. The lowest BCUT2D eigenvalue weighted by Gasteiger charge is -2.34. The van der Waals surface area contributed by atoms with Gasteiger partial charge < -0.3 is 14.8 Å². The third kappa shape index (κ3) is 4.60. The van der Waals surface area contributed by atoms with Crippen LogP contribution in [0.1, 0.15) is 25.3 Å². The summed E-state index contributed by atoms with van der Waals surface area (Å²) in [4.78, 5) is 35.5. The van der Waals surface area contributed by atoms with Crippen molar-refractivity contribution in [3.05, 3.63) is 35.9 Å². The van der Waals surface area contributed by atoms with Gasteiger partial charge in [-0.15, -0.1) is 0 Å². The Morgan fingerprint density at radius 2 is 1.65 bits per heavy atom. The minimum Gasteiger partial charge on any atom is -0.469 e. The van der Waals surface area contributed by atoms with E-state index < -0.39 is 41.0 Å². The summed E-state index contributed by atoms with van der Waals surface area (Å²) in [6.07, 6.45) is -5.57. The molecule has 0 fully saturated rings. The summed E-state index contributed by atoms with van der Waals surface area (Å²) in [7, 11) is 1.91. The number of halogens is 3. The van der Waals surface area contributed by atoms with Crippen LogP contribution in [0, 0.1) is 0 Å². The molecule has 1 amide bonds. The molecule has 0 saturated carbocycles. The van der Waals surface area contributed by atoms with Crippen LogP contribution in [0.3, 0.4) is 0 Å². The highest BCUT2D eigenvalue weighted by Crippen LogP contribution is 2.42.